The molecule has 2 rings (SSSR count). The standard InChI is InChI=1S/C12H10FN3OS/c13-7-2-1-3-8(6-7)18-12-9(14)4-5-10(16-12)11(15)17/h1-6H,14H2,(H2,15,17). The molecule has 92 valence electrons. The molecule has 1 aromatic heterocycles. The Bertz CT molecular complexity index is 604. The molecule has 0 bridgehead atoms. The summed E-state index contributed by atoms with van der Waals surface area (Å²) in [5.74, 6) is -0.972. The van der Waals surface area contributed by atoms with Crippen molar-refractivity contribution in [2.75, 3.05) is 5.73 Å². The van der Waals surface area contributed by atoms with Crippen LogP contribution in [0.2, 0.25) is 0 Å². The Morgan fingerprint density at radius 3 is 2.72 bits per heavy atom. The summed E-state index contributed by atoms with van der Waals surface area (Å²) in [6, 6.07) is 9.03. The molecule has 0 saturated carbocycles. The second-order valence-corrected chi connectivity index (χ2v) is 4.58. The summed E-state index contributed by atoms with van der Waals surface area (Å²) in [6.45, 7) is 0. The van der Waals surface area contributed by atoms with Crippen LogP contribution in [0.25, 0.3) is 0 Å². The SMILES string of the molecule is NC(=O)c1ccc(N)c(Sc2cccc(F)c2)n1. The maximum atomic E-state index is 13.0. The quantitative estimate of drug-likeness (QED) is 0.888. The minimum absolute atomic E-state index is 0.128. The number of hydrogen-bond acceptors (Lipinski definition) is 4. The van der Waals surface area contributed by atoms with Gasteiger partial charge in [0.2, 0.25) is 0 Å². The second kappa shape index (κ2) is 5.05. The van der Waals surface area contributed by atoms with Crippen LogP contribution in [0.5, 0.6) is 0 Å². The number of primary amides is 1. The molecule has 0 saturated heterocycles. The van der Waals surface area contributed by atoms with E-state index >= 15 is 0 Å². The zero-order valence-corrected chi connectivity index (χ0v) is 10.1. The smallest absolute Gasteiger partial charge is 0.267 e. The summed E-state index contributed by atoms with van der Waals surface area (Å²) in [5.41, 5.74) is 11.4. The predicted octanol–water partition coefficient (Wildman–Crippen LogP) is 2.05. The number of nitrogens with two attached hydrogens (primary N) is 2. The average Bonchev–Trinajstić information content (AvgIpc) is 2.31. The van der Waals surface area contributed by atoms with Gasteiger partial charge in [0.25, 0.3) is 5.91 Å². The minimum Gasteiger partial charge on any atom is -0.397 e. The van der Waals surface area contributed by atoms with Gasteiger partial charge in [0.1, 0.15) is 16.5 Å². The number of carbonyl (C=O) groups is 1. The van der Waals surface area contributed by atoms with Crippen molar-refractivity contribution in [2.45, 2.75) is 9.92 Å². The van der Waals surface area contributed by atoms with E-state index < -0.39 is 5.91 Å². The number of pyridine rings is 1. The van der Waals surface area contributed by atoms with Crippen LogP contribution in [-0.2, 0) is 0 Å². The molecule has 1 aromatic carbocycles. The number of benzene rings is 1. The molecule has 0 fully saturated rings. The van der Waals surface area contributed by atoms with Crippen LogP contribution < -0.4 is 11.5 Å². The number of nitrogens with zero attached hydrogens (tertiary/aromatic N) is 1. The van der Waals surface area contributed by atoms with Crippen LogP contribution in [0.1, 0.15) is 10.5 Å². The highest BCUT2D eigenvalue weighted by atomic mass is 32.2. The molecular weight excluding hydrogens is 253 g/mol. The van der Waals surface area contributed by atoms with Gasteiger partial charge in [0.15, 0.2) is 0 Å². The van der Waals surface area contributed by atoms with Crippen LogP contribution in [0, 0.1) is 5.82 Å². The minimum atomic E-state index is -0.629. The Morgan fingerprint density at radius 1 is 1.28 bits per heavy atom. The Hall–Kier alpha value is -2.08. The molecule has 0 spiro atoms. The second-order valence-electron chi connectivity index (χ2n) is 3.51. The number of rotatable bonds is 3. The maximum Gasteiger partial charge on any atom is 0.267 e. The van der Waals surface area contributed by atoms with E-state index in [1.165, 1.54) is 30.0 Å². The maximum absolute atomic E-state index is 13.0. The first kappa shape index (κ1) is 12.4. The molecule has 4 N–H and O–H groups in total. The van der Waals surface area contributed by atoms with E-state index in [2.05, 4.69) is 4.98 Å². The summed E-state index contributed by atoms with van der Waals surface area (Å²) < 4.78 is 13.0. The molecule has 2 aromatic rings. The van der Waals surface area contributed by atoms with Crippen molar-refractivity contribution in [3.05, 3.63) is 47.9 Å². The van der Waals surface area contributed by atoms with E-state index in [4.69, 9.17) is 11.5 Å². The van der Waals surface area contributed by atoms with Gasteiger partial charge in [0, 0.05) is 4.90 Å². The molecule has 0 unspecified atom stereocenters. The number of halogens is 1. The highest BCUT2D eigenvalue weighted by molar-refractivity contribution is 7.99. The van der Waals surface area contributed by atoms with Crippen molar-refractivity contribution in [1.82, 2.24) is 4.98 Å². The van der Waals surface area contributed by atoms with Crippen molar-refractivity contribution in [3.63, 3.8) is 0 Å². The summed E-state index contributed by atoms with van der Waals surface area (Å²) in [7, 11) is 0. The zero-order valence-electron chi connectivity index (χ0n) is 9.26. The van der Waals surface area contributed by atoms with E-state index in [0.29, 0.717) is 15.6 Å². The summed E-state index contributed by atoms with van der Waals surface area (Å²) in [5, 5.41) is 0.428. The van der Waals surface area contributed by atoms with Gasteiger partial charge in [-0.3, -0.25) is 4.79 Å². The highest BCUT2D eigenvalue weighted by Gasteiger charge is 2.09. The number of aromatic nitrogens is 1. The third-order valence-corrected chi connectivity index (χ3v) is 3.16. The van der Waals surface area contributed by atoms with Gasteiger partial charge in [-0.1, -0.05) is 17.8 Å². The number of hydrogen-bond donors (Lipinski definition) is 2. The zero-order chi connectivity index (χ0) is 13.1. The number of nitrogen functional groups attached to an aromatic ring is 1. The van der Waals surface area contributed by atoms with Crippen LogP contribution >= 0.6 is 11.8 Å². The molecule has 1 amide bonds. The van der Waals surface area contributed by atoms with Crippen LogP contribution in [0.3, 0.4) is 0 Å². The topological polar surface area (TPSA) is 82.0 Å². The Morgan fingerprint density at radius 2 is 2.06 bits per heavy atom. The van der Waals surface area contributed by atoms with E-state index in [9.17, 15) is 9.18 Å². The molecule has 0 aliphatic rings. The van der Waals surface area contributed by atoms with Gasteiger partial charge in [-0.25, -0.2) is 9.37 Å². The molecule has 18 heavy (non-hydrogen) atoms. The molecule has 1 heterocycles. The van der Waals surface area contributed by atoms with Crippen molar-refractivity contribution >= 4 is 23.4 Å². The molecule has 4 nitrogen and oxygen atoms in total. The lowest BCUT2D eigenvalue weighted by Crippen LogP contribution is -2.13. The summed E-state index contributed by atoms with van der Waals surface area (Å²) in [6.07, 6.45) is 0. The molecule has 0 atom stereocenters. The van der Waals surface area contributed by atoms with Crippen molar-refractivity contribution in [3.8, 4) is 0 Å². The third kappa shape index (κ3) is 2.78. The monoisotopic (exact) mass is 263 g/mol. The number of carbonyl (C=O) groups excluding carboxylic acids is 1. The van der Waals surface area contributed by atoms with Gasteiger partial charge < -0.3 is 11.5 Å². The lowest BCUT2D eigenvalue weighted by atomic mass is 10.3. The highest BCUT2D eigenvalue weighted by Crippen LogP contribution is 2.30. The van der Waals surface area contributed by atoms with Crippen LogP contribution in [0.4, 0.5) is 10.1 Å². The lowest BCUT2D eigenvalue weighted by Gasteiger charge is -2.05. The van der Waals surface area contributed by atoms with Crippen molar-refractivity contribution in [2.24, 2.45) is 5.73 Å². The predicted molar refractivity (Wildman–Crippen MR) is 67.7 cm³/mol. The first-order valence-electron chi connectivity index (χ1n) is 5.06. The fraction of sp³-hybridized carbons (Fsp3) is 0. The fourth-order valence-corrected chi connectivity index (χ4v) is 2.18. The van der Waals surface area contributed by atoms with E-state index in [1.54, 1.807) is 18.2 Å². The largest absolute Gasteiger partial charge is 0.397 e. The average molecular weight is 263 g/mol. The Balaban J connectivity index is 2.33. The number of anilines is 1. The van der Waals surface area contributed by atoms with Crippen molar-refractivity contribution in [1.29, 1.82) is 0 Å². The van der Waals surface area contributed by atoms with E-state index in [0.717, 1.165) is 0 Å². The van der Waals surface area contributed by atoms with Gasteiger partial charge in [0.05, 0.1) is 5.69 Å². The number of amides is 1. The van der Waals surface area contributed by atoms with Gasteiger partial charge in [-0.15, -0.1) is 0 Å². The molecule has 0 radical (unpaired) electrons. The molecular formula is C12H10FN3OS. The fourth-order valence-electron chi connectivity index (χ4n) is 1.31. The summed E-state index contributed by atoms with van der Waals surface area (Å²) in [4.78, 5) is 15.7. The normalized spacial score (nSPS) is 10.3. The van der Waals surface area contributed by atoms with Crippen molar-refractivity contribution < 1.29 is 9.18 Å². The van der Waals surface area contributed by atoms with Crippen LogP contribution in [0.15, 0.2) is 46.3 Å². The van der Waals surface area contributed by atoms with E-state index in [-0.39, 0.29) is 11.5 Å². The molecule has 0 aliphatic carbocycles. The Labute approximate surface area is 107 Å². The lowest BCUT2D eigenvalue weighted by molar-refractivity contribution is 0.0995. The first-order chi connectivity index (χ1) is 8.56. The van der Waals surface area contributed by atoms with Gasteiger partial charge in [-0.05, 0) is 30.3 Å². The molecule has 0 aliphatic heterocycles. The van der Waals surface area contributed by atoms with E-state index in [1.807, 2.05) is 0 Å². The molecule has 6 heteroatoms. The summed E-state index contributed by atoms with van der Waals surface area (Å²) >= 11 is 1.18. The van der Waals surface area contributed by atoms with Gasteiger partial charge >= 0.3 is 0 Å². The Kier molecular flexibility index (Phi) is 3.47. The third-order valence-electron chi connectivity index (χ3n) is 2.15. The first-order valence-corrected chi connectivity index (χ1v) is 5.87. The van der Waals surface area contributed by atoms with Gasteiger partial charge in [-0.2, -0.15) is 0 Å². The van der Waals surface area contributed by atoms with Crippen LogP contribution in [-0.4, -0.2) is 10.9 Å².